The number of carbonyl (C=O) groups is 1. The Morgan fingerprint density at radius 3 is 2.88 bits per heavy atom. The maximum absolute atomic E-state index is 11.3. The minimum atomic E-state index is -0.537. The van der Waals surface area contributed by atoms with Crippen LogP contribution in [0.3, 0.4) is 0 Å². The van der Waals surface area contributed by atoms with Gasteiger partial charge in [0.1, 0.15) is 5.75 Å². The largest absolute Gasteiger partial charge is 0.491 e. The number of amides is 1. The van der Waals surface area contributed by atoms with Crippen molar-refractivity contribution in [1.82, 2.24) is 5.32 Å². The summed E-state index contributed by atoms with van der Waals surface area (Å²) in [6, 6.07) is 7.13. The highest BCUT2D eigenvalue weighted by Crippen LogP contribution is 2.19. The van der Waals surface area contributed by atoms with Crippen molar-refractivity contribution < 1.29 is 14.6 Å². The zero-order valence-corrected chi connectivity index (χ0v) is 9.85. The molecular weight excluding hydrogens is 220 g/mol. The van der Waals surface area contributed by atoms with Crippen molar-refractivity contribution in [2.45, 2.75) is 19.4 Å². The van der Waals surface area contributed by atoms with Crippen molar-refractivity contribution in [1.29, 1.82) is 0 Å². The lowest BCUT2D eigenvalue weighted by molar-refractivity contribution is -0.122. The highest BCUT2D eigenvalue weighted by Gasteiger charge is 2.04. The van der Waals surface area contributed by atoms with Crippen molar-refractivity contribution >= 4 is 11.6 Å². The molecule has 0 aliphatic rings. The summed E-state index contributed by atoms with van der Waals surface area (Å²) < 4.78 is 5.37. The number of rotatable bonds is 6. The number of aliphatic hydroxyl groups is 1. The van der Waals surface area contributed by atoms with Gasteiger partial charge in [-0.2, -0.15) is 0 Å². The van der Waals surface area contributed by atoms with Crippen molar-refractivity contribution in [2.24, 2.45) is 0 Å². The normalized spacial score (nSPS) is 11.9. The predicted octanol–water partition coefficient (Wildman–Crippen LogP) is 0.535. The maximum Gasteiger partial charge on any atom is 0.223 e. The molecule has 0 aromatic heterocycles. The first-order chi connectivity index (χ1) is 8.09. The van der Waals surface area contributed by atoms with E-state index in [1.54, 1.807) is 19.1 Å². The van der Waals surface area contributed by atoms with Crippen molar-refractivity contribution in [3.05, 3.63) is 24.3 Å². The van der Waals surface area contributed by atoms with Gasteiger partial charge in [0, 0.05) is 6.54 Å². The lowest BCUT2D eigenvalue weighted by Gasteiger charge is -2.09. The summed E-state index contributed by atoms with van der Waals surface area (Å²) in [5.74, 6) is 0.427. The molecule has 4 N–H and O–H groups in total. The van der Waals surface area contributed by atoms with Gasteiger partial charge < -0.3 is 20.9 Å². The van der Waals surface area contributed by atoms with Crippen LogP contribution in [0.4, 0.5) is 5.69 Å². The molecule has 0 spiro atoms. The second-order valence-corrected chi connectivity index (χ2v) is 3.79. The predicted molar refractivity (Wildman–Crippen MR) is 65.7 cm³/mol. The topological polar surface area (TPSA) is 84.6 Å². The summed E-state index contributed by atoms with van der Waals surface area (Å²) in [4.78, 5) is 11.3. The Bertz CT molecular complexity index is 367. The van der Waals surface area contributed by atoms with Crippen LogP contribution < -0.4 is 15.8 Å². The minimum absolute atomic E-state index is 0.152. The van der Waals surface area contributed by atoms with E-state index < -0.39 is 6.10 Å². The molecule has 94 valence electrons. The number of hydrogen-bond acceptors (Lipinski definition) is 4. The van der Waals surface area contributed by atoms with Gasteiger partial charge >= 0.3 is 0 Å². The van der Waals surface area contributed by atoms with Gasteiger partial charge in [-0.1, -0.05) is 12.1 Å². The van der Waals surface area contributed by atoms with Gasteiger partial charge in [-0.25, -0.2) is 0 Å². The molecule has 1 rings (SSSR count). The van der Waals surface area contributed by atoms with E-state index in [9.17, 15) is 4.79 Å². The molecule has 5 heteroatoms. The van der Waals surface area contributed by atoms with Gasteiger partial charge in [0.15, 0.2) is 0 Å². The molecule has 0 saturated heterocycles. The summed E-state index contributed by atoms with van der Waals surface area (Å²) in [7, 11) is 0. The lowest BCUT2D eigenvalue weighted by atomic mass is 10.3. The third-order valence-electron chi connectivity index (χ3n) is 2.10. The van der Waals surface area contributed by atoms with E-state index >= 15 is 0 Å². The Morgan fingerprint density at radius 1 is 1.53 bits per heavy atom. The Kier molecular flexibility index (Phi) is 5.29. The van der Waals surface area contributed by atoms with Crippen LogP contribution in [0.15, 0.2) is 24.3 Å². The van der Waals surface area contributed by atoms with E-state index in [1.165, 1.54) is 0 Å². The number of benzene rings is 1. The fraction of sp³-hybridized carbons (Fsp3) is 0.417. The van der Waals surface area contributed by atoms with E-state index in [0.717, 1.165) is 0 Å². The first kappa shape index (κ1) is 13.3. The van der Waals surface area contributed by atoms with Crippen LogP contribution in [0.25, 0.3) is 0 Å². The van der Waals surface area contributed by atoms with E-state index in [1.807, 2.05) is 12.1 Å². The molecule has 0 heterocycles. The summed E-state index contributed by atoms with van der Waals surface area (Å²) in [5, 5.41) is 11.6. The average Bonchev–Trinajstić information content (AvgIpc) is 2.29. The number of nitrogen functional groups attached to an aromatic ring is 1. The molecule has 0 aliphatic carbocycles. The number of ether oxygens (including phenoxy) is 1. The number of para-hydroxylation sites is 2. The van der Waals surface area contributed by atoms with Crippen molar-refractivity contribution in [2.75, 3.05) is 18.9 Å². The number of nitrogens with one attached hydrogen (secondary N) is 1. The molecule has 0 unspecified atom stereocenters. The second-order valence-electron chi connectivity index (χ2n) is 3.79. The van der Waals surface area contributed by atoms with Gasteiger partial charge in [-0.15, -0.1) is 0 Å². The smallest absolute Gasteiger partial charge is 0.223 e. The molecule has 17 heavy (non-hydrogen) atoms. The average molecular weight is 238 g/mol. The van der Waals surface area contributed by atoms with Crippen LogP contribution in [0, 0.1) is 0 Å². The molecule has 0 aliphatic heterocycles. The highest BCUT2D eigenvalue weighted by atomic mass is 16.5. The first-order valence-electron chi connectivity index (χ1n) is 5.51. The zero-order valence-electron chi connectivity index (χ0n) is 9.85. The Hall–Kier alpha value is -1.75. The van der Waals surface area contributed by atoms with E-state index in [2.05, 4.69) is 5.32 Å². The van der Waals surface area contributed by atoms with Gasteiger partial charge in [0.05, 0.1) is 24.8 Å². The molecular formula is C12H18N2O3. The minimum Gasteiger partial charge on any atom is -0.491 e. The zero-order chi connectivity index (χ0) is 12.7. The van der Waals surface area contributed by atoms with Gasteiger partial charge in [-0.3, -0.25) is 4.79 Å². The quantitative estimate of drug-likeness (QED) is 0.631. The summed E-state index contributed by atoms with van der Waals surface area (Å²) in [5.41, 5.74) is 6.23. The van der Waals surface area contributed by atoms with Crippen LogP contribution in [-0.2, 0) is 4.79 Å². The third kappa shape index (κ3) is 5.21. The number of nitrogens with two attached hydrogens (primary N) is 1. The van der Waals surface area contributed by atoms with E-state index in [4.69, 9.17) is 15.6 Å². The van der Waals surface area contributed by atoms with Crippen LogP contribution in [0.1, 0.15) is 13.3 Å². The lowest BCUT2D eigenvalue weighted by Crippen LogP contribution is -2.31. The Balaban J connectivity index is 2.24. The van der Waals surface area contributed by atoms with Gasteiger partial charge in [0.25, 0.3) is 0 Å². The highest BCUT2D eigenvalue weighted by molar-refractivity contribution is 5.76. The summed E-state index contributed by atoms with van der Waals surface area (Å²) in [6.07, 6.45) is -0.300. The number of carbonyl (C=O) groups excluding carboxylic acids is 1. The number of aliphatic hydroxyl groups excluding tert-OH is 1. The molecule has 0 fully saturated rings. The molecule has 1 aromatic rings. The van der Waals surface area contributed by atoms with Crippen LogP contribution in [-0.4, -0.2) is 30.3 Å². The molecule has 0 radical (unpaired) electrons. The van der Waals surface area contributed by atoms with Gasteiger partial charge in [-0.05, 0) is 19.1 Å². The molecule has 0 saturated carbocycles. The Labute approximate surface area is 101 Å². The van der Waals surface area contributed by atoms with Crippen molar-refractivity contribution in [3.63, 3.8) is 0 Å². The van der Waals surface area contributed by atoms with E-state index in [-0.39, 0.29) is 25.5 Å². The van der Waals surface area contributed by atoms with E-state index in [0.29, 0.717) is 11.4 Å². The Morgan fingerprint density at radius 2 is 2.24 bits per heavy atom. The molecule has 1 amide bonds. The summed E-state index contributed by atoms with van der Waals surface area (Å²) >= 11 is 0. The van der Waals surface area contributed by atoms with Crippen LogP contribution >= 0.6 is 0 Å². The van der Waals surface area contributed by atoms with Crippen LogP contribution in [0.5, 0.6) is 5.75 Å². The first-order valence-corrected chi connectivity index (χ1v) is 5.51. The monoisotopic (exact) mass is 238 g/mol. The molecule has 5 nitrogen and oxygen atoms in total. The van der Waals surface area contributed by atoms with Gasteiger partial charge in [0.2, 0.25) is 5.91 Å². The van der Waals surface area contributed by atoms with Crippen LogP contribution in [0.2, 0.25) is 0 Å². The van der Waals surface area contributed by atoms with Crippen molar-refractivity contribution in [3.8, 4) is 5.75 Å². The third-order valence-corrected chi connectivity index (χ3v) is 2.10. The maximum atomic E-state index is 11.3. The molecule has 1 aromatic carbocycles. The standard InChI is InChI=1S/C12H18N2O3/c1-9(15)8-14-12(16)6-7-17-11-5-3-2-4-10(11)13/h2-5,9,15H,6-8,13H2,1H3,(H,14,16)/t9-/m1/s1. The number of hydrogen-bond donors (Lipinski definition) is 3. The second kappa shape index (κ2) is 6.75. The summed E-state index contributed by atoms with van der Waals surface area (Å²) in [6.45, 7) is 2.13. The SMILES string of the molecule is C[C@@H](O)CNC(=O)CCOc1ccccc1N. The molecule has 1 atom stereocenters. The number of anilines is 1. The fourth-order valence-corrected chi connectivity index (χ4v) is 1.22. The molecule has 0 bridgehead atoms. The fourth-order valence-electron chi connectivity index (χ4n) is 1.22.